The van der Waals surface area contributed by atoms with Crippen molar-refractivity contribution in [2.75, 3.05) is 40.5 Å². The zero-order valence-corrected chi connectivity index (χ0v) is 25.6. The SMILES string of the molecule is CN(C)Cc1cccc(OCCOc2nc3c(c(=O)n(CCOC4CCCCO4)c(=O)n3C)n2Cc2ccc(Cl)cc2)c1. The third kappa shape index (κ3) is 7.66. The molecule has 230 valence electrons. The second-order valence-electron chi connectivity index (χ2n) is 10.8. The maximum atomic E-state index is 13.8. The average Bonchev–Trinajstić information content (AvgIpc) is 3.35. The standard InChI is InChI=1S/C31H38ClN5O6/c1-34(2)20-23-7-6-8-25(19-23)40-17-18-43-30-33-28-27(37(30)21-22-10-12-24(32)13-11-22)29(38)36(31(39)35(28)3)14-16-42-26-9-4-5-15-41-26/h6-8,10-13,19,26H,4-5,9,14-18,20-21H2,1-3H3. The lowest BCUT2D eigenvalue weighted by atomic mass is 10.2. The maximum Gasteiger partial charge on any atom is 0.332 e. The lowest BCUT2D eigenvalue weighted by Crippen LogP contribution is -2.41. The fourth-order valence-corrected chi connectivity index (χ4v) is 5.21. The van der Waals surface area contributed by atoms with Crippen LogP contribution < -0.4 is 20.7 Å². The summed E-state index contributed by atoms with van der Waals surface area (Å²) in [6, 6.07) is 15.4. The van der Waals surface area contributed by atoms with Gasteiger partial charge in [-0.05, 0) is 68.8 Å². The Balaban J connectivity index is 1.39. The number of hydrogen-bond acceptors (Lipinski definition) is 8. The summed E-state index contributed by atoms with van der Waals surface area (Å²) in [5, 5.41) is 0.606. The van der Waals surface area contributed by atoms with E-state index < -0.39 is 11.2 Å². The largest absolute Gasteiger partial charge is 0.490 e. The van der Waals surface area contributed by atoms with E-state index in [4.69, 9.17) is 30.5 Å². The first-order valence-corrected chi connectivity index (χ1v) is 14.8. The van der Waals surface area contributed by atoms with E-state index in [0.29, 0.717) is 11.6 Å². The van der Waals surface area contributed by atoms with Crippen LogP contribution in [-0.2, 0) is 36.2 Å². The molecule has 1 aliphatic rings. The second-order valence-corrected chi connectivity index (χ2v) is 11.3. The van der Waals surface area contributed by atoms with E-state index >= 15 is 0 Å². The van der Waals surface area contributed by atoms with Gasteiger partial charge in [0.15, 0.2) is 17.5 Å². The van der Waals surface area contributed by atoms with Gasteiger partial charge < -0.3 is 23.8 Å². The Bertz CT molecular complexity index is 1640. The number of aromatic nitrogens is 4. The number of halogens is 1. The number of ether oxygens (including phenoxy) is 4. The molecule has 0 radical (unpaired) electrons. The molecule has 12 heteroatoms. The molecule has 2 aromatic heterocycles. The molecule has 0 N–H and O–H groups in total. The summed E-state index contributed by atoms with van der Waals surface area (Å²) >= 11 is 6.11. The highest BCUT2D eigenvalue weighted by atomic mass is 35.5. The molecular weight excluding hydrogens is 574 g/mol. The van der Waals surface area contributed by atoms with Crippen LogP contribution in [0, 0.1) is 0 Å². The Morgan fingerprint density at radius 1 is 1.00 bits per heavy atom. The summed E-state index contributed by atoms with van der Waals surface area (Å²) in [6.45, 7) is 2.45. The molecule has 1 saturated heterocycles. The van der Waals surface area contributed by atoms with Gasteiger partial charge in [-0.2, -0.15) is 4.98 Å². The molecule has 0 amide bonds. The van der Waals surface area contributed by atoms with Gasteiger partial charge in [-0.25, -0.2) is 4.79 Å². The first-order valence-electron chi connectivity index (χ1n) is 14.5. The average molecular weight is 612 g/mol. The molecule has 0 aliphatic carbocycles. The molecule has 0 spiro atoms. The van der Waals surface area contributed by atoms with Crippen molar-refractivity contribution in [2.24, 2.45) is 7.05 Å². The van der Waals surface area contributed by atoms with Crippen LogP contribution in [-0.4, -0.2) is 70.4 Å². The monoisotopic (exact) mass is 611 g/mol. The number of nitrogens with zero attached hydrogens (tertiary/aromatic N) is 5. The van der Waals surface area contributed by atoms with E-state index in [2.05, 4.69) is 16.0 Å². The second kappa shape index (κ2) is 14.2. The molecule has 3 heterocycles. The van der Waals surface area contributed by atoms with E-state index in [0.717, 1.165) is 42.7 Å². The zero-order valence-electron chi connectivity index (χ0n) is 24.8. The Kier molecular flexibility index (Phi) is 10.2. The van der Waals surface area contributed by atoms with E-state index in [1.807, 2.05) is 44.4 Å². The number of aryl methyl sites for hydroxylation is 1. The van der Waals surface area contributed by atoms with Crippen LogP contribution in [0.1, 0.15) is 30.4 Å². The van der Waals surface area contributed by atoms with Crippen molar-refractivity contribution in [3.8, 4) is 11.8 Å². The number of rotatable bonds is 13. The van der Waals surface area contributed by atoms with Crippen LogP contribution in [0.25, 0.3) is 11.2 Å². The highest BCUT2D eigenvalue weighted by Gasteiger charge is 2.22. The summed E-state index contributed by atoms with van der Waals surface area (Å²) in [6.07, 6.45) is 2.52. The molecule has 4 aromatic rings. The van der Waals surface area contributed by atoms with Crippen LogP contribution in [0.3, 0.4) is 0 Å². The lowest BCUT2D eigenvalue weighted by Gasteiger charge is -2.22. The smallest absolute Gasteiger partial charge is 0.332 e. The Hall–Kier alpha value is -3.64. The topological polar surface area (TPSA) is 102 Å². The number of fused-ring (bicyclic) bond motifs is 1. The van der Waals surface area contributed by atoms with Gasteiger partial charge in [0.05, 0.1) is 19.7 Å². The van der Waals surface area contributed by atoms with Gasteiger partial charge in [0, 0.05) is 25.2 Å². The van der Waals surface area contributed by atoms with Crippen molar-refractivity contribution in [1.29, 1.82) is 0 Å². The van der Waals surface area contributed by atoms with Crippen LogP contribution in [0.15, 0.2) is 58.1 Å². The fourth-order valence-electron chi connectivity index (χ4n) is 5.09. The molecular formula is C31H38ClN5O6. The Morgan fingerprint density at radius 3 is 2.53 bits per heavy atom. The van der Waals surface area contributed by atoms with Crippen molar-refractivity contribution in [2.45, 2.75) is 45.2 Å². The van der Waals surface area contributed by atoms with Gasteiger partial charge in [-0.3, -0.25) is 18.5 Å². The molecule has 1 atom stereocenters. The molecule has 0 bridgehead atoms. The molecule has 0 saturated carbocycles. The highest BCUT2D eigenvalue weighted by Crippen LogP contribution is 2.21. The molecule has 2 aromatic carbocycles. The van der Waals surface area contributed by atoms with Crippen LogP contribution >= 0.6 is 11.6 Å². The summed E-state index contributed by atoms with van der Waals surface area (Å²) in [5.41, 5.74) is 1.59. The van der Waals surface area contributed by atoms with Crippen molar-refractivity contribution in [3.63, 3.8) is 0 Å². The van der Waals surface area contributed by atoms with Crippen molar-refractivity contribution in [3.05, 3.63) is 85.5 Å². The number of benzene rings is 2. The zero-order chi connectivity index (χ0) is 30.3. The summed E-state index contributed by atoms with van der Waals surface area (Å²) in [5.74, 6) is 0.740. The van der Waals surface area contributed by atoms with E-state index in [1.165, 1.54) is 9.13 Å². The molecule has 1 fully saturated rings. The predicted octanol–water partition coefficient (Wildman–Crippen LogP) is 3.66. The predicted molar refractivity (Wildman–Crippen MR) is 164 cm³/mol. The molecule has 1 aliphatic heterocycles. The first-order chi connectivity index (χ1) is 20.8. The minimum absolute atomic E-state index is 0.0876. The normalized spacial score (nSPS) is 15.3. The minimum atomic E-state index is -0.478. The van der Waals surface area contributed by atoms with E-state index in [-0.39, 0.29) is 56.4 Å². The first kappa shape index (κ1) is 30.8. The van der Waals surface area contributed by atoms with Crippen LogP contribution in [0.5, 0.6) is 11.8 Å². The Morgan fingerprint density at radius 2 is 1.79 bits per heavy atom. The van der Waals surface area contributed by atoms with Gasteiger partial charge >= 0.3 is 5.69 Å². The number of hydrogen-bond donors (Lipinski definition) is 0. The number of imidazole rings is 1. The highest BCUT2D eigenvalue weighted by molar-refractivity contribution is 6.30. The van der Waals surface area contributed by atoms with Gasteiger partial charge in [0.1, 0.15) is 19.0 Å². The van der Waals surface area contributed by atoms with Crippen LogP contribution in [0.2, 0.25) is 5.02 Å². The lowest BCUT2D eigenvalue weighted by molar-refractivity contribution is -0.163. The van der Waals surface area contributed by atoms with Gasteiger partial charge in [-0.15, -0.1) is 0 Å². The van der Waals surface area contributed by atoms with E-state index in [1.54, 1.807) is 23.7 Å². The summed E-state index contributed by atoms with van der Waals surface area (Å²) in [7, 11) is 5.63. The van der Waals surface area contributed by atoms with Crippen molar-refractivity contribution < 1.29 is 18.9 Å². The summed E-state index contributed by atoms with van der Waals surface area (Å²) in [4.78, 5) is 33.7. The van der Waals surface area contributed by atoms with Crippen molar-refractivity contribution in [1.82, 2.24) is 23.6 Å². The fraction of sp³-hybridized carbons (Fsp3) is 0.452. The maximum absolute atomic E-state index is 13.8. The van der Waals surface area contributed by atoms with E-state index in [9.17, 15) is 9.59 Å². The third-order valence-electron chi connectivity index (χ3n) is 7.19. The molecule has 5 rings (SSSR count). The molecule has 43 heavy (non-hydrogen) atoms. The van der Waals surface area contributed by atoms with Gasteiger partial charge in [0.25, 0.3) is 11.6 Å². The summed E-state index contributed by atoms with van der Waals surface area (Å²) < 4.78 is 27.7. The molecule has 11 nitrogen and oxygen atoms in total. The van der Waals surface area contributed by atoms with Crippen molar-refractivity contribution >= 4 is 22.8 Å². The minimum Gasteiger partial charge on any atom is -0.490 e. The van der Waals surface area contributed by atoms with Crippen LogP contribution in [0.4, 0.5) is 0 Å². The molecule has 1 unspecified atom stereocenters. The third-order valence-corrected chi connectivity index (χ3v) is 7.44. The quantitative estimate of drug-likeness (QED) is 0.211. The Labute approximate surface area is 255 Å². The van der Waals surface area contributed by atoms with Gasteiger partial charge in [-0.1, -0.05) is 35.9 Å². The van der Waals surface area contributed by atoms with Gasteiger partial charge in [0.2, 0.25) is 0 Å².